The second kappa shape index (κ2) is 9.01. The van der Waals surface area contributed by atoms with Gasteiger partial charge in [-0.1, -0.05) is 29.1 Å². The number of allylic oxidation sites excluding steroid dienone is 4. The third kappa shape index (κ3) is 3.92. The second-order valence-corrected chi connectivity index (χ2v) is 8.83. The number of rotatable bonds is 5. The number of hydrogen-bond donors (Lipinski definition) is 1. The van der Waals surface area contributed by atoms with Gasteiger partial charge in [-0.05, 0) is 37.8 Å². The third-order valence-electron chi connectivity index (χ3n) is 6.03. The molecule has 0 radical (unpaired) electrons. The van der Waals surface area contributed by atoms with Gasteiger partial charge in [-0.2, -0.15) is 0 Å². The zero-order valence-corrected chi connectivity index (χ0v) is 18.8. The molecule has 0 spiro atoms. The molecule has 0 bridgehead atoms. The van der Waals surface area contributed by atoms with Crippen LogP contribution in [0.3, 0.4) is 0 Å². The molecule has 166 valence electrons. The highest BCUT2D eigenvalue weighted by atomic mass is 35.5. The number of hydrogen-bond acceptors (Lipinski definition) is 5. The van der Waals surface area contributed by atoms with Crippen LogP contribution in [-0.4, -0.2) is 40.7 Å². The molecule has 0 saturated carbocycles. The fraction of sp³-hybridized carbons (Fsp3) is 0.375. The summed E-state index contributed by atoms with van der Waals surface area (Å²) in [7, 11) is 0. The molecule has 0 atom stereocenters. The lowest BCUT2D eigenvalue weighted by Crippen LogP contribution is -2.41. The van der Waals surface area contributed by atoms with Crippen molar-refractivity contribution in [3.8, 4) is 18.1 Å². The molecule has 1 heterocycles. The van der Waals surface area contributed by atoms with Crippen molar-refractivity contribution in [2.24, 2.45) is 0 Å². The maximum atomic E-state index is 13.2. The van der Waals surface area contributed by atoms with Gasteiger partial charge in [-0.25, -0.2) is 0 Å². The SMILES string of the molecule is C#CCOc1c(Cl)cc(Cl)cc1C1C2=C(CCCC2=O)N(CC(=O)O)C2=C1C(=O)CCC2. The van der Waals surface area contributed by atoms with Crippen LogP contribution in [0.4, 0.5) is 0 Å². The molecule has 1 N–H and O–H groups in total. The Balaban J connectivity index is 2.01. The average molecular weight is 474 g/mol. The second-order valence-electron chi connectivity index (χ2n) is 7.99. The van der Waals surface area contributed by atoms with Crippen LogP contribution in [0, 0.1) is 12.3 Å². The number of carbonyl (C=O) groups is 3. The van der Waals surface area contributed by atoms with E-state index in [1.165, 1.54) is 6.07 Å². The van der Waals surface area contributed by atoms with E-state index in [0.717, 1.165) is 0 Å². The number of carboxylic acids is 1. The van der Waals surface area contributed by atoms with Gasteiger partial charge in [0.15, 0.2) is 11.6 Å². The number of ketones is 2. The van der Waals surface area contributed by atoms with Crippen molar-refractivity contribution in [2.45, 2.75) is 44.4 Å². The van der Waals surface area contributed by atoms with E-state index in [2.05, 4.69) is 5.92 Å². The Morgan fingerprint density at radius 1 is 1.09 bits per heavy atom. The van der Waals surface area contributed by atoms with Crippen molar-refractivity contribution in [2.75, 3.05) is 13.2 Å². The molecule has 2 aliphatic carbocycles. The Morgan fingerprint density at radius 3 is 2.22 bits per heavy atom. The van der Waals surface area contributed by atoms with Gasteiger partial charge in [0.25, 0.3) is 0 Å². The Labute approximate surface area is 195 Å². The number of ether oxygens (including phenoxy) is 1. The van der Waals surface area contributed by atoms with Gasteiger partial charge >= 0.3 is 5.97 Å². The number of terminal acetylenes is 1. The summed E-state index contributed by atoms with van der Waals surface area (Å²) in [6.07, 6.45) is 8.35. The minimum absolute atomic E-state index is 0.0497. The first-order chi connectivity index (χ1) is 15.3. The molecule has 8 heteroatoms. The topological polar surface area (TPSA) is 83.9 Å². The quantitative estimate of drug-likeness (QED) is 0.633. The zero-order valence-electron chi connectivity index (χ0n) is 17.2. The van der Waals surface area contributed by atoms with Crippen LogP contribution in [0.5, 0.6) is 5.75 Å². The van der Waals surface area contributed by atoms with Gasteiger partial charge in [-0.15, -0.1) is 6.42 Å². The van der Waals surface area contributed by atoms with E-state index >= 15 is 0 Å². The zero-order chi connectivity index (χ0) is 23.0. The molecule has 32 heavy (non-hydrogen) atoms. The first kappa shape index (κ1) is 22.4. The molecular weight excluding hydrogens is 453 g/mol. The predicted molar refractivity (Wildman–Crippen MR) is 120 cm³/mol. The number of carbonyl (C=O) groups excluding carboxylic acids is 2. The summed E-state index contributed by atoms with van der Waals surface area (Å²) >= 11 is 12.8. The minimum Gasteiger partial charge on any atom is -0.480 e. The minimum atomic E-state index is -1.03. The number of aliphatic carboxylic acids is 1. The lowest BCUT2D eigenvalue weighted by atomic mass is 9.70. The van der Waals surface area contributed by atoms with Crippen LogP contribution in [0.15, 0.2) is 34.7 Å². The summed E-state index contributed by atoms with van der Waals surface area (Å²) in [4.78, 5) is 39.8. The average Bonchev–Trinajstić information content (AvgIpc) is 2.73. The molecule has 1 aromatic carbocycles. The molecule has 1 aliphatic heterocycles. The fourth-order valence-corrected chi connectivity index (χ4v) is 5.48. The van der Waals surface area contributed by atoms with Crippen LogP contribution in [0.1, 0.15) is 50.0 Å². The first-order valence-corrected chi connectivity index (χ1v) is 11.2. The number of nitrogens with zero attached hydrogens (tertiary/aromatic N) is 1. The molecule has 0 fully saturated rings. The van der Waals surface area contributed by atoms with E-state index in [1.807, 2.05) is 0 Å². The molecule has 0 amide bonds. The summed E-state index contributed by atoms with van der Waals surface area (Å²) < 4.78 is 5.74. The summed E-state index contributed by atoms with van der Waals surface area (Å²) in [5.74, 6) is 0.697. The van der Waals surface area contributed by atoms with Crippen molar-refractivity contribution in [1.29, 1.82) is 0 Å². The van der Waals surface area contributed by atoms with Gasteiger partial charge in [0, 0.05) is 51.9 Å². The van der Waals surface area contributed by atoms with E-state index in [0.29, 0.717) is 71.7 Å². The summed E-state index contributed by atoms with van der Waals surface area (Å²) in [6, 6.07) is 3.17. The molecule has 1 aromatic rings. The monoisotopic (exact) mass is 473 g/mol. The van der Waals surface area contributed by atoms with E-state index in [9.17, 15) is 19.5 Å². The highest BCUT2D eigenvalue weighted by Gasteiger charge is 2.44. The first-order valence-electron chi connectivity index (χ1n) is 10.4. The van der Waals surface area contributed by atoms with Crippen LogP contribution < -0.4 is 4.74 Å². The summed E-state index contributed by atoms with van der Waals surface area (Å²) in [5.41, 5.74) is 2.66. The van der Waals surface area contributed by atoms with E-state index in [-0.39, 0.29) is 35.5 Å². The summed E-state index contributed by atoms with van der Waals surface area (Å²) in [5, 5.41) is 10.1. The largest absolute Gasteiger partial charge is 0.480 e. The van der Waals surface area contributed by atoms with Crippen LogP contribution >= 0.6 is 23.2 Å². The normalized spacial score (nSPS) is 19.0. The number of Topliss-reactive ketones (excluding diaryl/α,β-unsaturated/α-hetero) is 2. The number of halogens is 2. The molecule has 6 nitrogen and oxygen atoms in total. The van der Waals surface area contributed by atoms with Crippen molar-refractivity contribution in [3.05, 3.63) is 50.3 Å². The van der Waals surface area contributed by atoms with Gasteiger partial charge in [-0.3, -0.25) is 14.4 Å². The molecule has 4 rings (SSSR count). The Kier molecular flexibility index (Phi) is 6.32. The van der Waals surface area contributed by atoms with Gasteiger partial charge < -0.3 is 14.7 Å². The van der Waals surface area contributed by atoms with Crippen molar-refractivity contribution in [1.82, 2.24) is 4.90 Å². The Morgan fingerprint density at radius 2 is 1.69 bits per heavy atom. The van der Waals surface area contributed by atoms with E-state index < -0.39 is 11.9 Å². The van der Waals surface area contributed by atoms with Gasteiger partial charge in [0.1, 0.15) is 18.9 Å². The molecule has 3 aliphatic rings. The van der Waals surface area contributed by atoms with Crippen molar-refractivity contribution >= 4 is 40.7 Å². The lowest BCUT2D eigenvalue weighted by Gasteiger charge is -2.43. The van der Waals surface area contributed by atoms with Crippen LogP contribution in [-0.2, 0) is 14.4 Å². The Hall–Kier alpha value is -2.75. The number of carboxylic acid groups (broad SMARTS) is 1. The molecule has 0 saturated heterocycles. The van der Waals surface area contributed by atoms with E-state index in [1.54, 1.807) is 11.0 Å². The van der Waals surface area contributed by atoms with Crippen molar-refractivity contribution in [3.63, 3.8) is 0 Å². The van der Waals surface area contributed by atoms with E-state index in [4.69, 9.17) is 34.4 Å². The van der Waals surface area contributed by atoms with Crippen LogP contribution in [0.25, 0.3) is 0 Å². The Bertz CT molecular complexity index is 1080. The van der Waals surface area contributed by atoms with Crippen LogP contribution in [0.2, 0.25) is 10.0 Å². The summed E-state index contributed by atoms with van der Waals surface area (Å²) in [6.45, 7) is -0.354. The maximum Gasteiger partial charge on any atom is 0.323 e. The standard InChI is InChI=1S/C24H21Cl2NO5/c1-2-9-32-24-14(10-13(25)11-15(24)26)21-22-16(5-3-7-18(22)28)27(12-20(30)31)17-6-4-8-19(29)23(17)21/h1,10-11,21H,3-9,12H2,(H,30,31). The number of benzene rings is 1. The maximum absolute atomic E-state index is 13.2. The molecular formula is C24H21Cl2NO5. The van der Waals surface area contributed by atoms with Gasteiger partial charge in [0.2, 0.25) is 0 Å². The molecule has 0 unspecified atom stereocenters. The highest BCUT2D eigenvalue weighted by molar-refractivity contribution is 6.35. The third-order valence-corrected chi connectivity index (χ3v) is 6.53. The predicted octanol–water partition coefficient (Wildman–Crippen LogP) is 4.50. The van der Waals surface area contributed by atoms with Crippen molar-refractivity contribution < 1.29 is 24.2 Å². The molecule has 0 aromatic heterocycles. The smallest absolute Gasteiger partial charge is 0.323 e. The fourth-order valence-electron chi connectivity index (χ4n) is 4.91. The lowest BCUT2D eigenvalue weighted by molar-refractivity contribution is -0.138. The highest BCUT2D eigenvalue weighted by Crippen LogP contribution is 2.52. The van der Waals surface area contributed by atoms with Gasteiger partial charge in [0.05, 0.1) is 5.02 Å².